The van der Waals surface area contributed by atoms with Gasteiger partial charge in [0.25, 0.3) is 0 Å². The van der Waals surface area contributed by atoms with Crippen molar-refractivity contribution in [1.29, 1.82) is 0 Å². The molecular weight excluding hydrogens is 355 g/mol. The molecule has 0 radical (unpaired) electrons. The first-order chi connectivity index (χ1) is 7.58. The smallest absolute Gasteiger partial charge is 0.161 e. The van der Waals surface area contributed by atoms with E-state index >= 15 is 0 Å². The van der Waals surface area contributed by atoms with E-state index < -0.39 is 0 Å². The van der Waals surface area contributed by atoms with Crippen LogP contribution in [0.3, 0.4) is 0 Å². The highest BCUT2D eigenvalue weighted by Gasteiger charge is 2.09. The van der Waals surface area contributed by atoms with Crippen molar-refractivity contribution in [2.45, 2.75) is 6.92 Å². The Morgan fingerprint density at radius 1 is 1.19 bits per heavy atom. The highest BCUT2D eigenvalue weighted by molar-refractivity contribution is 9.10. The molecular formula is C11H7Br2ClN2. The summed E-state index contributed by atoms with van der Waals surface area (Å²) in [7, 11) is 0. The van der Waals surface area contributed by atoms with E-state index in [1.165, 1.54) is 0 Å². The Morgan fingerprint density at radius 2 is 1.94 bits per heavy atom. The Balaban J connectivity index is 2.57. The van der Waals surface area contributed by atoms with Gasteiger partial charge in [-0.1, -0.05) is 39.7 Å². The summed E-state index contributed by atoms with van der Waals surface area (Å²) in [6, 6.07) is 7.80. The quantitative estimate of drug-likeness (QED) is 0.691. The van der Waals surface area contributed by atoms with Crippen molar-refractivity contribution in [1.82, 2.24) is 9.97 Å². The summed E-state index contributed by atoms with van der Waals surface area (Å²) in [6.07, 6.45) is 0. The molecule has 1 aromatic carbocycles. The average Bonchev–Trinajstić information content (AvgIpc) is 2.25. The Kier molecular flexibility index (Phi) is 3.62. The Labute approximate surface area is 115 Å². The summed E-state index contributed by atoms with van der Waals surface area (Å²) in [4.78, 5) is 8.61. The molecule has 0 spiro atoms. The summed E-state index contributed by atoms with van der Waals surface area (Å²) in [5, 5.41) is 0.433. The second kappa shape index (κ2) is 4.82. The van der Waals surface area contributed by atoms with Gasteiger partial charge in [-0.2, -0.15) is 0 Å². The minimum Gasteiger partial charge on any atom is -0.232 e. The molecule has 0 atom stereocenters. The van der Waals surface area contributed by atoms with E-state index in [0.29, 0.717) is 11.0 Å². The second-order valence-corrected chi connectivity index (χ2v) is 5.31. The molecule has 0 aliphatic rings. The summed E-state index contributed by atoms with van der Waals surface area (Å²) in [5.41, 5.74) is 1.77. The van der Waals surface area contributed by atoms with Crippen LogP contribution in [-0.2, 0) is 0 Å². The monoisotopic (exact) mass is 360 g/mol. The van der Waals surface area contributed by atoms with Gasteiger partial charge in [0.2, 0.25) is 0 Å². The molecule has 2 nitrogen and oxygen atoms in total. The van der Waals surface area contributed by atoms with Crippen LogP contribution in [0, 0.1) is 6.92 Å². The fraction of sp³-hybridized carbons (Fsp3) is 0.0909. The molecule has 0 unspecified atom stereocenters. The van der Waals surface area contributed by atoms with Gasteiger partial charge in [0.15, 0.2) is 5.82 Å². The lowest BCUT2D eigenvalue weighted by molar-refractivity contribution is 1.09. The number of hydrogen-bond donors (Lipinski definition) is 0. The minimum absolute atomic E-state index is 0.433. The van der Waals surface area contributed by atoms with Gasteiger partial charge in [0.1, 0.15) is 5.15 Å². The molecule has 0 aliphatic carbocycles. The minimum atomic E-state index is 0.433. The van der Waals surface area contributed by atoms with Gasteiger partial charge in [-0.15, -0.1) is 0 Å². The van der Waals surface area contributed by atoms with E-state index in [9.17, 15) is 0 Å². The van der Waals surface area contributed by atoms with E-state index in [1.807, 2.05) is 31.2 Å². The van der Waals surface area contributed by atoms with Crippen LogP contribution >= 0.6 is 43.5 Å². The summed E-state index contributed by atoms with van der Waals surface area (Å²) < 4.78 is 1.73. The topological polar surface area (TPSA) is 25.8 Å². The lowest BCUT2D eigenvalue weighted by Crippen LogP contribution is -1.94. The largest absolute Gasteiger partial charge is 0.232 e. The van der Waals surface area contributed by atoms with Crippen LogP contribution < -0.4 is 0 Å². The zero-order valence-corrected chi connectivity index (χ0v) is 12.3. The molecule has 2 rings (SSSR count). The lowest BCUT2D eigenvalue weighted by atomic mass is 10.2. The molecule has 0 saturated carbocycles. The number of nitrogens with zero attached hydrogens (tertiary/aromatic N) is 2. The second-order valence-electron chi connectivity index (χ2n) is 3.25. The van der Waals surface area contributed by atoms with Crippen molar-refractivity contribution in [3.8, 4) is 11.4 Å². The van der Waals surface area contributed by atoms with Crippen LogP contribution in [0.2, 0.25) is 5.15 Å². The molecule has 5 heteroatoms. The normalized spacial score (nSPS) is 10.5. The molecule has 0 saturated heterocycles. The maximum Gasteiger partial charge on any atom is 0.161 e. The third-order valence-electron chi connectivity index (χ3n) is 2.06. The predicted octanol–water partition coefficient (Wildman–Crippen LogP) is 4.63. The Bertz CT molecular complexity index is 520. The molecule has 0 aliphatic heterocycles. The van der Waals surface area contributed by atoms with E-state index in [-0.39, 0.29) is 0 Å². The van der Waals surface area contributed by atoms with Crippen molar-refractivity contribution in [2.75, 3.05) is 0 Å². The van der Waals surface area contributed by atoms with Gasteiger partial charge in [-0.05, 0) is 35.0 Å². The number of hydrogen-bond acceptors (Lipinski definition) is 2. The van der Waals surface area contributed by atoms with Gasteiger partial charge in [0, 0.05) is 10.0 Å². The maximum absolute atomic E-state index is 6.00. The van der Waals surface area contributed by atoms with E-state index in [1.54, 1.807) is 0 Å². The molecule has 2 aromatic rings. The van der Waals surface area contributed by atoms with Crippen molar-refractivity contribution in [2.24, 2.45) is 0 Å². The number of rotatable bonds is 1. The summed E-state index contributed by atoms with van der Waals surface area (Å²) in [6.45, 7) is 1.89. The number of aryl methyl sites for hydroxylation is 1. The summed E-state index contributed by atoms with van der Waals surface area (Å²) >= 11 is 12.7. The van der Waals surface area contributed by atoms with Crippen LogP contribution in [-0.4, -0.2) is 9.97 Å². The van der Waals surface area contributed by atoms with E-state index in [2.05, 4.69) is 41.8 Å². The molecule has 0 bridgehead atoms. The number of halogens is 3. The van der Waals surface area contributed by atoms with Crippen molar-refractivity contribution in [3.63, 3.8) is 0 Å². The highest BCUT2D eigenvalue weighted by atomic mass is 79.9. The molecule has 16 heavy (non-hydrogen) atoms. The highest BCUT2D eigenvalue weighted by Crippen LogP contribution is 2.27. The molecule has 0 amide bonds. The molecule has 0 N–H and O–H groups in total. The van der Waals surface area contributed by atoms with Gasteiger partial charge in [0.05, 0.1) is 10.2 Å². The third-order valence-corrected chi connectivity index (χ3v) is 4.00. The predicted molar refractivity (Wildman–Crippen MR) is 72.6 cm³/mol. The van der Waals surface area contributed by atoms with Crippen LogP contribution in [0.5, 0.6) is 0 Å². The first-order valence-corrected chi connectivity index (χ1v) is 6.50. The van der Waals surface area contributed by atoms with Crippen LogP contribution in [0.1, 0.15) is 5.69 Å². The number of aromatic nitrogens is 2. The molecule has 1 aromatic heterocycles. The van der Waals surface area contributed by atoms with E-state index in [4.69, 9.17) is 11.6 Å². The average molecular weight is 362 g/mol. The SMILES string of the molecule is Cc1nc(-c2cccc(Br)c2)nc(Cl)c1Br. The zero-order chi connectivity index (χ0) is 11.7. The van der Waals surface area contributed by atoms with Gasteiger partial charge in [-0.3, -0.25) is 0 Å². The van der Waals surface area contributed by atoms with Crippen LogP contribution in [0.15, 0.2) is 33.2 Å². The summed E-state index contributed by atoms with van der Waals surface area (Å²) in [5.74, 6) is 0.631. The van der Waals surface area contributed by atoms with Crippen molar-refractivity contribution < 1.29 is 0 Å². The Hall–Kier alpha value is -0.450. The van der Waals surface area contributed by atoms with Gasteiger partial charge in [-0.25, -0.2) is 9.97 Å². The van der Waals surface area contributed by atoms with Gasteiger partial charge >= 0.3 is 0 Å². The third kappa shape index (κ3) is 2.44. The first-order valence-electron chi connectivity index (χ1n) is 4.53. The van der Waals surface area contributed by atoms with Crippen molar-refractivity contribution in [3.05, 3.63) is 44.1 Å². The zero-order valence-electron chi connectivity index (χ0n) is 8.34. The fourth-order valence-corrected chi connectivity index (χ4v) is 2.07. The first kappa shape index (κ1) is 12.0. The van der Waals surface area contributed by atoms with E-state index in [0.717, 1.165) is 20.2 Å². The Morgan fingerprint density at radius 3 is 2.56 bits per heavy atom. The van der Waals surface area contributed by atoms with Crippen molar-refractivity contribution >= 4 is 43.5 Å². The van der Waals surface area contributed by atoms with Crippen LogP contribution in [0.25, 0.3) is 11.4 Å². The fourth-order valence-electron chi connectivity index (χ4n) is 1.28. The lowest BCUT2D eigenvalue weighted by Gasteiger charge is -2.05. The van der Waals surface area contributed by atoms with Crippen LogP contribution in [0.4, 0.5) is 0 Å². The number of benzene rings is 1. The van der Waals surface area contributed by atoms with Gasteiger partial charge < -0.3 is 0 Å². The maximum atomic E-state index is 6.00. The standard InChI is InChI=1S/C11H7Br2ClN2/c1-6-9(13)10(14)16-11(15-6)7-3-2-4-8(12)5-7/h2-5H,1H3. The molecule has 0 fully saturated rings. The molecule has 82 valence electrons. The molecule has 1 heterocycles.